The molecular formula is C13H18BrClO2. The van der Waals surface area contributed by atoms with Crippen molar-refractivity contribution in [2.45, 2.75) is 26.1 Å². The van der Waals surface area contributed by atoms with Gasteiger partial charge in [-0.05, 0) is 39.5 Å². The summed E-state index contributed by atoms with van der Waals surface area (Å²) in [4.78, 5) is 0. The van der Waals surface area contributed by atoms with Crippen LogP contribution in [-0.4, -0.2) is 13.7 Å². The molecule has 2 nitrogen and oxygen atoms in total. The van der Waals surface area contributed by atoms with Gasteiger partial charge in [0.2, 0.25) is 0 Å². The topological polar surface area (TPSA) is 18.5 Å². The Morgan fingerprint density at radius 1 is 1.41 bits per heavy atom. The second-order valence-electron chi connectivity index (χ2n) is 4.07. The molecule has 0 aliphatic carbocycles. The normalized spacial score (nSPS) is 12.3. The molecule has 0 radical (unpaired) electrons. The number of rotatable bonds is 6. The fourth-order valence-corrected chi connectivity index (χ4v) is 2.09. The van der Waals surface area contributed by atoms with E-state index >= 15 is 0 Å². The molecule has 0 aliphatic heterocycles. The van der Waals surface area contributed by atoms with Crippen molar-refractivity contribution in [1.82, 2.24) is 0 Å². The highest BCUT2D eigenvalue weighted by molar-refractivity contribution is 9.10. The van der Waals surface area contributed by atoms with E-state index in [9.17, 15) is 0 Å². The Bertz CT molecular complexity index is 369. The summed E-state index contributed by atoms with van der Waals surface area (Å²) < 4.78 is 12.0. The minimum absolute atomic E-state index is 0.459. The van der Waals surface area contributed by atoms with E-state index < -0.39 is 0 Å². The average Bonchev–Trinajstić information content (AvgIpc) is 2.35. The summed E-state index contributed by atoms with van der Waals surface area (Å²) >= 11 is 9.30. The first-order valence-electron chi connectivity index (χ1n) is 5.67. The Balaban J connectivity index is 2.89. The number of benzene rings is 1. The molecule has 0 bridgehead atoms. The standard InChI is InChI=1S/C13H18BrClO2/c1-4-9(2)8-17-13-11(14)5-10(7-15)6-12(13)16-3/h5-6,9H,4,7-8H2,1-3H3. The highest BCUT2D eigenvalue weighted by Crippen LogP contribution is 2.37. The number of ether oxygens (including phenoxy) is 2. The summed E-state index contributed by atoms with van der Waals surface area (Å²) in [5.41, 5.74) is 1.01. The van der Waals surface area contributed by atoms with Crippen molar-refractivity contribution >= 4 is 27.5 Å². The minimum atomic E-state index is 0.459. The van der Waals surface area contributed by atoms with Gasteiger partial charge in [0.05, 0.1) is 18.2 Å². The zero-order valence-corrected chi connectivity index (χ0v) is 12.8. The van der Waals surface area contributed by atoms with Crippen LogP contribution in [0.2, 0.25) is 0 Å². The third kappa shape index (κ3) is 4.07. The highest BCUT2D eigenvalue weighted by Gasteiger charge is 2.12. The first kappa shape index (κ1) is 14.7. The molecule has 1 aromatic carbocycles. The molecule has 1 atom stereocenters. The van der Waals surface area contributed by atoms with E-state index in [4.69, 9.17) is 21.1 Å². The zero-order valence-electron chi connectivity index (χ0n) is 10.4. The molecule has 0 aromatic heterocycles. The van der Waals surface area contributed by atoms with E-state index in [2.05, 4.69) is 29.8 Å². The molecule has 0 saturated heterocycles. The molecule has 0 saturated carbocycles. The Morgan fingerprint density at radius 2 is 2.12 bits per heavy atom. The predicted octanol–water partition coefficient (Wildman–Crippen LogP) is 4.62. The first-order chi connectivity index (χ1) is 8.12. The van der Waals surface area contributed by atoms with E-state index in [0.29, 0.717) is 18.4 Å². The van der Waals surface area contributed by atoms with E-state index in [1.54, 1.807) is 7.11 Å². The predicted molar refractivity (Wildman–Crippen MR) is 75.2 cm³/mol. The van der Waals surface area contributed by atoms with Crippen molar-refractivity contribution in [3.8, 4) is 11.5 Å². The summed E-state index contributed by atoms with van der Waals surface area (Å²) in [6.45, 7) is 5.00. The Kier molecular flexibility index (Phi) is 6.14. The molecule has 0 N–H and O–H groups in total. The number of alkyl halides is 1. The van der Waals surface area contributed by atoms with Gasteiger partial charge in [-0.15, -0.1) is 11.6 Å². The smallest absolute Gasteiger partial charge is 0.175 e. The molecule has 0 heterocycles. The fourth-order valence-electron chi connectivity index (χ4n) is 1.33. The van der Waals surface area contributed by atoms with Gasteiger partial charge < -0.3 is 9.47 Å². The molecular weight excluding hydrogens is 303 g/mol. The summed E-state index contributed by atoms with van der Waals surface area (Å²) in [7, 11) is 1.63. The number of hydrogen-bond acceptors (Lipinski definition) is 2. The summed E-state index contributed by atoms with van der Waals surface area (Å²) in [5, 5.41) is 0. The quantitative estimate of drug-likeness (QED) is 0.712. The van der Waals surface area contributed by atoms with Crippen molar-refractivity contribution in [2.75, 3.05) is 13.7 Å². The summed E-state index contributed by atoms with van der Waals surface area (Å²) in [6, 6.07) is 3.87. The van der Waals surface area contributed by atoms with Crippen LogP contribution in [0.25, 0.3) is 0 Å². The molecule has 17 heavy (non-hydrogen) atoms. The molecule has 0 amide bonds. The molecule has 4 heteroatoms. The average molecular weight is 322 g/mol. The lowest BCUT2D eigenvalue weighted by Crippen LogP contribution is -2.08. The molecule has 0 aliphatic rings. The Hall–Kier alpha value is -0.410. The van der Waals surface area contributed by atoms with E-state index in [1.807, 2.05) is 12.1 Å². The van der Waals surface area contributed by atoms with Crippen LogP contribution in [0.5, 0.6) is 11.5 Å². The number of methoxy groups -OCH3 is 1. The lowest BCUT2D eigenvalue weighted by molar-refractivity contribution is 0.243. The second-order valence-corrected chi connectivity index (χ2v) is 5.19. The molecule has 1 aromatic rings. The van der Waals surface area contributed by atoms with Gasteiger partial charge in [0, 0.05) is 5.88 Å². The van der Waals surface area contributed by atoms with Crippen molar-refractivity contribution in [1.29, 1.82) is 0 Å². The van der Waals surface area contributed by atoms with Crippen LogP contribution < -0.4 is 9.47 Å². The first-order valence-corrected chi connectivity index (χ1v) is 7.00. The minimum Gasteiger partial charge on any atom is -0.493 e. The van der Waals surface area contributed by atoms with Gasteiger partial charge in [-0.1, -0.05) is 20.3 Å². The van der Waals surface area contributed by atoms with E-state index in [1.165, 1.54) is 0 Å². The molecule has 96 valence electrons. The summed E-state index contributed by atoms with van der Waals surface area (Å²) in [5.74, 6) is 2.46. The third-order valence-corrected chi connectivity index (χ3v) is 3.55. The van der Waals surface area contributed by atoms with Crippen LogP contribution in [-0.2, 0) is 5.88 Å². The van der Waals surface area contributed by atoms with Gasteiger partial charge in [0.1, 0.15) is 0 Å². The van der Waals surface area contributed by atoms with Gasteiger partial charge in [-0.2, -0.15) is 0 Å². The van der Waals surface area contributed by atoms with E-state index in [-0.39, 0.29) is 0 Å². The van der Waals surface area contributed by atoms with Crippen LogP contribution in [0, 0.1) is 5.92 Å². The SMILES string of the molecule is CCC(C)COc1c(Br)cc(CCl)cc1OC. The van der Waals surface area contributed by atoms with Crippen LogP contribution in [0.15, 0.2) is 16.6 Å². The van der Waals surface area contributed by atoms with Gasteiger partial charge >= 0.3 is 0 Å². The fraction of sp³-hybridized carbons (Fsp3) is 0.538. The van der Waals surface area contributed by atoms with Gasteiger partial charge in [0.25, 0.3) is 0 Å². The maximum atomic E-state index is 5.81. The molecule has 0 fully saturated rings. The monoisotopic (exact) mass is 320 g/mol. The Labute approximate surface area is 116 Å². The van der Waals surface area contributed by atoms with Crippen LogP contribution >= 0.6 is 27.5 Å². The van der Waals surface area contributed by atoms with Gasteiger partial charge in [-0.3, -0.25) is 0 Å². The van der Waals surface area contributed by atoms with E-state index in [0.717, 1.165) is 28.0 Å². The molecule has 1 unspecified atom stereocenters. The number of halogens is 2. The highest BCUT2D eigenvalue weighted by atomic mass is 79.9. The van der Waals surface area contributed by atoms with Crippen molar-refractivity contribution < 1.29 is 9.47 Å². The van der Waals surface area contributed by atoms with Crippen molar-refractivity contribution in [3.05, 3.63) is 22.2 Å². The zero-order chi connectivity index (χ0) is 12.8. The Morgan fingerprint density at radius 3 is 2.65 bits per heavy atom. The number of hydrogen-bond donors (Lipinski definition) is 0. The van der Waals surface area contributed by atoms with Crippen molar-refractivity contribution in [2.24, 2.45) is 5.92 Å². The van der Waals surface area contributed by atoms with Crippen LogP contribution in [0.3, 0.4) is 0 Å². The van der Waals surface area contributed by atoms with Crippen LogP contribution in [0.4, 0.5) is 0 Å². The molecule has 1 rings (SSSR count). The lowest BCUT2D eigenvalue weighted by Gasteiger charge is -2.16. The lowest BCUT2D eigenvalue weighted by atomic mass is 10.1. The molecule has 0 spiro atoms. The summed E-state index contributed by atoms with van der Waals surface area (Å²) in [6.07, 6.45) is 1.10. The van der Waals surface area contributed by atoms with Crippen molar-refractivity contribution in [3.63, 3.8) is 0 Å². The maximum Gasteiger partial charge on any atom is 0.175 e. The maximum absolute atomic E-state index is 5.81. The third-order valence-electron chi connectivity index (χ3n) is 2.65. The second kappa shape index (κ2) is 7.12. The van der Waals surface area contributed by atoms with Gasteiger partial charge in [-0.25, -0.2) is 0 Å². The largest absolute Gasteiger partial charge is 0.493 e. The van der Waals surface area contributed by atoms with Crippen LogP contribution in [0.1, 0.15) is 25.8 Å². The van der Waals surface area contributed by atoms with Gasteiger partial charge in [0.15, 0.2) is 11.5 Å².